The van der Waals surface area contributed by atoms with E-state index >= 15 is 0 Å². The molecule has 2 N–H and O–H groups in total. The molecule has 0 radical (unpaired) electrons. The van der Waals surface area contributed by atoms with Gasteiger partial charge in [-0.1, -0.05) is 6.42 Å². The van der Waals surface area contributed by atoms with Crippen molar-refractivity contribution < 1.29 is 12.8 Å². The van der Waals surface area contributed by atoms with Crippen LogP contribution in [0.5, 0.6) is 0 Å². The van der Waals surface area contributed by atoms with Crippen LogP contribution in [0, 0.1) is 5.82 Å². The fourth-order valence-electron chi connectivity index (χ4n) is 2.45. The van der Waals surface area contributed by atoms with E-state index in [0.29, 0.717) is 38.3 Å². The summed E-state index contributed by atoms with van der Waals surface area (Å²) in [5.74, 6) is -0.382. The lowest BCUT2D eigenvalue weighted by molar-refractivity contribution is 0.345. The van der Waals surface area contributed by atoms with Crippen LogP contribution in [-0.2, 0) is 10.2 Å². The van der Waals surface area contributed by atoms with E-state index < -0.39 is 10.2 Å². The van der Waals surface area contributed by atoms with Gasteiger partial charge in [0.15, 0.2) is 0 Å². The first-order chi connectivity index (χ1) is 10.1. The van der Waals surface area contributed by atoms with Crippen molar-refractivity contribution in [3.63, 3.8) is 0 Å². The molecule has 1 aliphatic rings. The first-order valence-corrected chi connectivity index (χ1v) is 8.69. The highest BCUT2D eigenvalue weighted by Crippen LogP contribution is 2.23. The summed E-state index contributed by atoms with van der Waals surface area (Å²) in [6.07, 6.45) is 3.39. The van der Waals surface area contributed by atoms with Crippen LogP contribution in [0.2, 0.25) is 0 Å². The van der Waals surface area contributed by atoms with Crippen molar-refractivity contribution >= 4 is 15.9 Å². The SMILES string of the molecule is NCCCN(c1ccc(F)cc1)S(=O)(=O)N1CCCCC1. The van der Waals surface area contributed by atoms with Gasteiger partial charge in [0.2, 0.25) is 0 Å². The Morgan fingerprint density at radius 3 is 2.33 bits per heavy atom. The molecular formula is C14H22FN3O2S. The van der Waals surface area contributed by atoms with Crippen LogP contribution in [0.15, 0.2) is 24.3 Å². The second kappa shape index (κ2) is 7.20. The highest BCUT2D eigenvalue weighted by atomic mass is 32.2. The molecule has 0 aromatic heterocycles. The Hall–Kier alpha value is -1.18. The average molecular weight is 315 g/mol. The Kier molecular flexibility index (Phi) is 5.55. The molecule has 1 fully saturated rings. The number of piperidine rings is 1. The molecule has 1 heterocycles. The first kappa shape index (κ1) is 16.2. The first-order valence-electron chi connectivity index (χ1n) is 7.29. The number of nitrogens with zero attached hydrogens (tertiary/aromatic N) is 2. The number of hydrogen-bond donors (Lipinski definition) is 1. The van der Waals surface area contributed by atoms with Crippen molar-refractivity contribution in [2.24, 2.45) is 5.73 Å². The number of anilines is 1. The smallest absolute Gasteiger partial charge is 0.304 e. The highest BCUT2D eigenvalue weighted by Gasteiger charge is 2.30. The number of halogens is 1. The lowest BCUT2D eigenvalue weighted by Crippen LogP contribution is -2.46. The van der Waals surface area contributed by atoms with E-state index in [9.17, 15) is 12.8 Å². The van der Waals surface area contributed by atoms with Crippen LogP contribution >= 0.6 is 0 Å². The highest BCUT2D eigenvalue weighted by molar-refractivity contribution is 7.90. The van der Waals surface area contributed by atoms with Crippen molar-refractivity contribution in [1.29, 1.82) is 0 Å². The fraction of sp³-hybridized carbons (Fsp3) is 0.571. The standard InChI is InChI=1S/C14H22FN3O2S/c15-13-5-7-14(8-6-13)18(12-4-9-16)21(19,20)17-10-2-1-3-11-17/h5-8H,1-4,9-12,16H2. The fourth-order valence-corrected chi connectivity index (χ4v) is 4.20. The Morgan fingerprint density at radius 2 is 1.76 bits per heavy atom. The maximum absolute atomic E-state index is 13.1. The second-order valence-electron chi connectivity index (χ2n) is 5.16. The molecule has 7 heteroatoms. The molecule has 0 aliphatic carbocycles. The summed E-state index contributed by atoms with van der Waals surface area (Å²) in [7, 11) is -3.57. The molecule has 1 aliphatic heterocycles. The zero-order valence-corrected chi connectivity index (χ0v) is 12.9. The summed E-state index contributed by atoms with van der Waals surface area (Å²) < 4.78 is 41.5. The quantitative estimate of drug-likeness (QED) is 0.869. The maximum Gasteiger partial charge on any atom is 0.304 e. The summed E-state index contributed by atoms with van der Waals surface area (Å²) in [6, 6.07) is 5.54. The summed E-state index contributed by atoms with van der Waals surface area (Å²) in [4.78, 5) is 0. The minimum Gasteiger partial charge on any atom is -0.330 e. The molecule has 0 saturated carbocycles. The minimum absolute atomic E-state index is 0.307. The predicted molar refractivity (Wildman–Crippen MR) is 81.8 cm³/mol. The molecule has 0 atom stereocenters. The number of rotatable bonds is 6. The van der Waals surface area contributed by atoms with Gasteiger partial charge < -0.3 is 5.73 Å². The van der Waals surface area contributed by atoms with E-state index in [4.69, 9.17) is 5.73 Å². The zero-order chi connectivity index (χ0) is 15.3. The van der Waals surface area contributed by atoms with Crippen LogP contribution in [0.4, 0.5) is 10.1 Å². The van der Waals surface area contributed by atoms with Gasteiger partial charge in [0.05, 0.1) is 5.69 Å². The van der Waals surface area contributed by atoms with Crippen molar-refractivity contribution in [3.05, 3.63) is 30.1 Å². The molecule has 21 heavy (non-hydrogen) atoms. The van der Waals surface area contributed by atoms with E-state index in [0.717, 1.165) is 19.3 Å². The molecule has 2 rings (SSSR count). The third kappa shape index (κ3) is 3.93. The van der Waals surface area contributed by atoms with E-state index in [1.54, 1.807) is 0 Å². The van der Waals surface area contributed by atoms with Gasteiger partial charge in [-0.15, -0.1) is 0 Å². The van der Waals surface area contributed by atoms with E-state index in [1.807, 2.05) is 0 Å². The van der Waals surface area contributed by atoms with Gasteiger partial charge in [-0.3, -0.25) is 4.31 Å². The Bertz CT molecular complexity index is 542. The molecule has 0 bridgehead atoms. The largest absolute Gasteiger partial charge is 0.330 e. The van der Waals surface area contributed by atoms with Gasteiger partial charge in [-0.25, -0.2) is 4.39 Å². The van der Waals surface area contributed by atoms with Gasteiger partial charge >= 0.3 is 10.2 Å². The molecule has 118 valence electrons. The van der Waals surface area contributed by atoms with Crippen LogP contribution in [-0.4, -0.2) is 38.9 Å². The normalized spacial score (nSPS) is 16.9. The number of hydrogen-bond acceptors (Lipinski definition) is 3. The van der Waals surface area contributed by atoms with Gasteiger partial charge in [-0.05, 0) is 50.1 Å². The predicted octanol–water partition coefficient (Wildman–Crippen LogP) is 1.71. The minimum atomic E-state index is -3.57. The lowest BCUT2D eigenvalue weighted by atomic mass is 10.2. The summed E-state index contributed by atoms with van der Waals surface area (Å²) in [6.45, 7) is 1.81. The van der Waals surface area contributed by atoms with Crippen molar-refractivity contribution in [2.45, 2.75) is 25.7 Å². The summed E-state index contributed by atoms with van der Waals surface area (Å²) in [5, 5.41) is 0. The molecular weight excluding hydrogens is 293 g/mol. The number of benzene rings is 1. The molecule has 1 saturated heterocycles. The van der Waals surface area contributed by atoms with Crippen molar-refractivity contribution in [1.82, 2.24) is 4.31 Å². The second-order valence-corrected chi connectivity index (χ2v) is 7.01. The monoisotopic (exact) mass is 315 g/mol. The van der Waals surface area contributed by atoms with Crippen LogP contribution in [0.25, 0.3) is 0 Å². The molecule has 0 spiro atoms. The summed E-state index contributed by atoms with van der Waals surface area (Å²) in [5.41, 5.74) is 5.99. The van der Waals surface area contributed by atoms with E-state index in [2.05, 4.69) is 0 Å². The van der Waals surface area contributed by atoms with Crippen molar-refractivity contribution in [3.8, 4) is 0 Å². The molecule has 0 unspecified atom stereocenters. The van der Waals surface area contributed by atoms with Crippen molar-refractivity contribution in [2.75, 3.05) is 30.5 Å². The lowest BCUT2D eigenvalue weighted by Gasteiger charge is -2.33. The third-order valence-corrected chi connectivity index (χ3v) is 5.57. The van der Waals surface area contributed by atoms with Gasteiger partial charge in [-0.2, -0.15) is 12.7 Å². The third-order valence-electron chi connectivity index (χ3n) is 3.60. The van der Waals surface area contributed by atoms with Gasteiger partial charge in [0.25, 0.3) is 0 Å². The Morgan fingerprint density at radius 1 is 1.14 bits per heavy atom. The molecule has 1 aromatic rings. The van der Waals surface area contributed by atoms with Gasteiger partial charge in [0, 0.05) is 19.6 Å². The zero-order valence-electron chi connectivity index (χ0n) is 12.0. The van der Waals surface area contributed by atoms with Crippen LogP contribution < -0.4 is 10.0 Å². The van der Waals surface area contributed by atoms with Crippen LogP contribution in [0.1, 0.15) is 25.7 Å². The Balaban J connectivity index is 2.27. The maximum atomic E-state index is 13.1. The molecule has 0 amide bonds. The topological polar surface area (TPSA) is 66.6 Å². The van der Waals surface area contributed by atoms with E-state index in [-0.39, 0.29) is 5.82 Å². The van der Waals surface area contributed by atoms with Gasteiger partial charge in [0.1, 0.15) is 5.82 Å². The van der Waals surface area contributed by atoms with E-state index in [1.165, 1.54) is 32.9 Å². The van der Waals surface area contributed by atoms with Crippen LogP contribution in [0.3, 0.4) is 0 Å². The summed E-state index contributed by atoms with van der Waals surface area (Å²) >= 11 is 0. The molecule has 5 nitrogen and oxygen atoms in total. The number of nitrogens with two attached hydrogens (primary N) is 1. The average Bonchev–Trinajstić information content (AvgIpc) is 2.50. The molecule has 1 aromatic carbocycles. The Labute approximate surface area is 125 Å².